The van der Waals surface area contributed by atoms with E-state index in [1.54, 1.807) is 65.8 Å². The van der Waals surface area contributed by atoms with Crippen LogP contribution in [-0.2, 0) is 57.4 Å². The number of ether oxygens (including phenoxy) is 2. The fourth-order valence-corrected chi connectivity index (χ4v) is 11.6. The molecule has 26 nitrogen and oxygen atoms in total. The number of cyclic esters (lactones) is 2. The number of aromatic nitrogens is 2. The van der Waals surface area contributed by atoms with Gasteiger partial charge >= 0.3 is 11.9 Å². The number of carbonyl (C=O) groups is 12. The van der Waals surface area contributed by atoms with Crippen molar-refractivity contribution in [3.63, 3.8) is 0 Å². The van der Waals surface area contributed by atoms with E-state index in [9.17, 15) is 57.5 Å². The smallest absolute Gasteiger partial charge is 0.329 e. The molecule has 6 atom stereocenters. The number of nitrogens with zero attached hydrogens (tertiary/aromatic N) is 8. The van der Waals surface area contributed by atoms with Gasteiger partial charge in [0.2, 0.25) is 47.3 Å². The fraction of sp³-hybridized carbons (Fsp3) is 0.531. The first-order chi connectivity index (χ1) is 42.6. The fourth-order valence-electron chi connectivity index (χ4n) is 11.6. The second-order valence-corrected chi connectivity index (χ2v) is 24.4. The number of benzene rings is 2. The van der Waals surface area contributed by atoms with Gasteiger partial charge in [-0.3, -0.25) is 47.9 Å². The molecule has 7 rings (SSSR count). The van der Waals surface area contributed by atoms with Crippen LogP contribution in [0.15, 0.2) is 48.5 Å². The number of likely N-dealkylation sites (N-methyl/N-ethyl adjacent to an activating group) is 4. The molecule has 4 N–H and O–H groups in total. The second kappa shape index (κ2) is 29.9. The Hall–Kier alpha value is -9.10. The van der Waals surface area contributed by atoms with Crippen molar-refractivity contribution in [2.75, 3.05) is 80.7 Å². The number of amides is 10. The first-order valence-corrected chi connectivity index (χ1v) is 30.4. The van der Waals surface area contributed by atoms with Crippen molar-refractivity contribution >= 4 is 92.8 Å². The zero-order chi connectivity index (χ0) is 66.0. The maximum atomic E-state index is 14.9. The second-order valence-electron chi connectivity index (χ2n) is 24.4. The van der Waals surface area contributed by atoms with E-state index in [0.717, 1.165) is 41.5 Å². The highest BCUT2D eigenvalue weighted by atomic mass is 16.5. The summed E-state index contributed by atoms with van der Waals surface area (Å²) in [6, 6.07) is 6.39. The Balaban J connectivity index is 1.18. The van der Waals surface area contributed by atoms with Gasteiger partial charge in [-0.2, -0.15) is 0 Å². The standard InChI is InChI=1S/C64H84N12O14/c1-35(2)55-63(87)89-33-45(69-59(83)53-39(7)27-41-25-37(5)19-21-43(41)67-53)61(85)75-23-15-13-17-47(75)57(81)66-30-50(78)72(10)32-52(80)74(12)56(36(3)4)64(88)90-34-46(70-60(84)54-40(8)28-42-26-38(6)20-22-44(42)68-54)62(86)76-24-16-14-18-48(76)58(82)65-29-49(77)71(9)31-51(79)73(55)11/h19-22,25-28,35-36,45-48,55-56H,13-18,23-24,29-34H2,1-12H3,(H,65,82)(H,66,81)(H,69,83)(H,70,84)/t45-,46-,47+,48+,55+,56+/m1/s1. The third-order valence-electron chi connectivity index (χ3n) is 16.7. The van der Waals surface area contributed by atoms with Gasteiger partial charge in [0, 0.05) is 52.1 Å². The normalized spacial score (nSPS) is 22.8. The maximum absolute atomic E-state index is 14.9. The number of piperidine rings is 2. The average molecular weight is 1250 g/mol. The van der Waals surface area contributed by atoms with Gasteiger partial charge in [-0.05, 0) is 126 Å². The molecule has 2 aromatic carbocycles. The molecule has 3 fully saturated rings. The Morgan fingerprint density at radius 2 is 0.889 bits per heavy atom. The number of nitrogens with one attached hydrogen (secondary N) is 4. The lowest BCUT2D eigenvalue weighted by molar-refractivity contribution is -0.159. The molecule has 0 saturated carbocycles. The predicted molar refractivity (Wildman–Crippen MR) is 330 cm³/mol. The van der Waals surface area contributed by atoms with Crippen LogP contribution in [0.5, 0.6) is 0 Å². The topological polar surface area (TPSA) is 317 Å². The lowest BCUT2D eigenvalue weighted by atomic mass is 10.00. The van der Waals surface area contributed by atoms with Gasteiger partial charge in [0.1, 0.15) is 60.9 Å². The number of aryl methyl sites for hydroxylation is 4. The molecular weight excluding hydrogens is 1160 g/mol. The summed E-state index contributed by atoms with van der Waals surface area (Å²) < 4.78 is 11.7. The lowest BCUT2D eigenvalue weighted by Gasteiger charge is -2.37. The molecule has 2 aromatic heterocycles. The Bertz CT molecular complexity index is 3240. The Morgan fingerprint density at radius 1 is 0.522 bits per heavy atom. The van der Waals surface area contributed by atoms with Gasteiger partial charge < -0.3 is 60.1 Å². The van der Waals surface area contributed by atoms with Crippen LogP contribution in [0.2, 0.25) is 0 Å². The average Bonchev–Trinajstić information content (AvgIpc) is 0.942. The van der Waals surface area contributed by atoms with E-state index in [1.807, 2.05) is 38.1 Å². The molecule has 0 unspecified atom stereocenters. The van der Waals surface area contributed by atoms with Gasteiger partial charge in [-0.15, -0.1) is 0 Å². The zero-order valence-corrected chi connectivity index (χ0v) is 53.4. The molecule has 90 heavy (non-hydrogen) atoms. The number of esters is 2. The summed E-state index contributed by atoms with van der Waals surface area (Å²) >= 11 is 0. The molecule has 26 heteroatoms. The molecule has 3 aliphatic heterocycles. The van der Waals surface area contributed by atoms with Crippen LogP contribution in [0.3, 0.4) is 0 Å². The van der Waals surface area contributed by atoms with E-state index in [2.05, 4.69) is 31.2 Å². The first kappa shape index (κ1) is 68.4. The van der Waals surface area contributed by atoms with Crippen LogP contribution in [-0.4, -0.2) is 227 Å². The van der Waals surface area contributed by atoms with Crippen molar-refractivity contribution in [2.24, 2.45) is 11.8 Å². The summed E-state index contributed by atoms with van der Waals surface area (Å²) in [7, 11) is 5.32. The number of hydrogen-bond donors (Lipinski definition) is 4. The van der Waals surface area contributed by atoms with E-state index in [1.165, 1.54) is 38.0 Å². The Morgan fingerprint density at radius 3 is 1.24 bits per heavy atom. The summed E-state index contributed by atoms with van der Waals surface area (Å²) in [5.41, 5.74) is 3.86. The number of hydrogen-bond acceptors (Lipinski definition) is 16. The molecule has 5 heterocycles. The number of rotatable bonds is 6. The third-order valence-corrected chi connectivity index (χ3v) is 16.7. The minimum Gasteiger partial charge on any atom is -0.461 e. The highest BCUT2D eigenvalue weighted by molar-refractivity contribution is 6.02. The molecule has 484 valence electrons. The van der Waals surface area contributed by atoms with E-state index in [-0.39, 0.29) is 37.3 Å². The summed E-state index contributed by atoms with van der Waals surface area (Å²) in [6.07, 6.45) is 2.20. The minimum absolute atomic E-state index is 0.0175. The van der Waals surface area contributed by atoms with Crippen LogP contribution >= 0.6 is 0 Å². The molecule has 3 saturated heterocycles. The minimum atomic E-state index is -1.61. The molecule has 4 aromatic rings. The van der Waals surface area contributed by atoms with Crippen molar-refractivity contribution < 1.29 is 67.0 Å². The molecular formula is C64H84N12O14. The zero-order valence-electron chi connectivity index (χ0n) is 53.4. The van der Waals surface area contributed by atoms with Gasteiger partial charge in [0.05, 0.1) is 37.2 Å². The van der Waals surface area contributed by atoms with Crippen molar-refractivity contribution in [1.82, 2.24) is 60.6 Å². The summed E-state index contributed by atoms with van der Waals surface area (Å²) in [5, 5.41) is 12.1. The largest absolute Gasteiger partial charge is 0.461 e. The first-order valence-electron chi connectivity index (χ1n) is 30.4. The van der Waals surface area contributed by atoms with Gasteiger partial charge in [-0.25, -0.2) is 19.6 Å². The number of fused-ring (bicyclic) bond motifs is 4. The van der Waals surface area contributed by atoms with E-state index >= 15 is 0 Å². The molecule has 3 aliphatic rings. The summed E-state index contributed by atoms with van der Waals surface area (Å²) in [4.78, 5) is 186. The molecule has 0 bridgehead atoms. The van der Waals surface area contributed by atoms with Crippen molar-refractivity contribution in [3.8, 4) is 0 Å². The number of carbonyl (C=O) groups excluding carboxylic acids is 12. The van der Waals surface area contributed by atoms with E-state index < -0.39 is 158 Å². The lowest BCUT2D eigenvalue weighted by Crippen LogP contribution is -2.59. The Labute approximate surface area is 523 Å². The summed E-state index contributed by atoms with van der Waals surface area (Å²) in [5.74, 6) is -10.6. The molecule has 0 radical (unpaired) electrons. The van der Waals surface area contributed by atoms with Crippen LogP contribution < -0.4 is 21.3 Å². The monoisotopic (exact) mass is 1240 g/mol. The SMILES string of the molecule is Cc1ccc2nc(C(=O)N[C@@H]3COC(=O)[C@H](C(C)C)N(C)C(=O)CN(C)C(=O)CNC(=O)[C@@H]4CCCCN4C(=O)[C@H](NC(=O)c4nc5ccc(C)cc5cc4C)COC(=O)[C@H](C(C)C)N(C)C(=O)CN(C)C(=O)CNC(=O)[C@@H]4CCCCN4C3=O)c(C)cc2c1. The Kier molecular flexibility index (Phi) is 22.7. The van der Waals surface area contributed by atoms with E-state index in [0.29, 0.717) is 47.8 Å². The predicted octanol–water partition coefficient (Wildman–Crippen LogP) is 1.89. The van der Waals surface area contributed by atoms with Crippen LogP contribution in [0, 0.1) is 39.5 Å². The van der Waals surface area contributed by atoms with Gasteiger partial charge in [0.15, 0.2) is 0 Å². The number of pyridine rings is 2. The summed E-state index contributed by atoms with van der Waals surface area (Å²) in [6.45, 7) is 9.97. The van der Waals surface area contributed by atoms with Crippen LogP contribution in [0.1, 0.15) is 109 Å². The van der Waals surface area contributed by atoms with Gasteiger partial charge in [-0.1, -0.05) is 51.0 Å². The van der Waals surface area contributed by atoms with Crippen LogP contribution in [0.4, 0.5) is 0 Å². The molecule has 0 aliphatic carbocycles. The maximum Gasteiger partial charge on any atom is 0.329 e. The highest BCUT2D eigenvalue weighted by Gasteiger charge is 2.42. The van der Waals surface area contributed by atoms with Crippen LogP contribution in [0.25, 0.3) is 21.8 Å². The van der Waals surface area contributed by atoms with Crippen molar-refractivity contribution in [3.05, 3.63) is 82.2 Å². The molecule has 10 amide bonds. The molecule has 0 spiro atoms. The van der Waals surface area contributed by atoms with E-state index in [4.69, 9.17) is 9.47 Å². The highest BCUT2D eigenvalue weighted by Crippen LogP contribution is 2.25. The quantitative estimate of drug-likeness (QED) is 0.200. The van der Waals surface area contributed by atoms with Crippen molar-refractivity contribution in [2.45, 2.75) is 130 Å². The van der Waals surface area contributed by atoms with Gasteiger partial charge in [0.25, 0.3) is 11.8 Å². The van der Waals surface area contributed by atoms with Crippen molar-refractivity contribution in [1.29, 1.82) is 0 Å². The third kappa shape index (κ3) is 16.4.